The number of rotatable bonds is 0. The zero-order valence-corrected chi connectivity index (χ0v) is 13.9. The summed E-state index contributed by atoms with van der Waals surface area (Å²) in [4.78, 5) is 12.4. The summed E-state index contributed by atoms with van der Waals surface area (Å²) in [6.07, 6.45) is 6.93. The Balaban J connectivity index is 1.67. The highest BCUT2D eigenvalue weighted by atomic mass is 16.3. The minimum Gasteiger partial charge on any atom is -0.393 e. The lowest BCUT2D eigenvalue weighted by atomic mass is 9.44. The molecule has 2 unspecified atom stereocenters. The van der Waals surface area contributed by atoms with Crippen LogP contribution in [-0.4, -0.2) is 28.2 Å². The van der Waals surface area contributed by atoms with Gasteiger partial charge in [-0.05, 0) is 74.0 Å². The number of aliphatic hydroxyl groups excluding tert-OH is 2. The number of carbonyl (C=O) groups is 1. The molecule has 0 aliphatic heterocycles. The topological polar surface area (TPSA) is 57.5 Å². The zero-order chi connectivity index (χ0) is 15.7. The molecule has 0 amide bonds. The summed E-state index contributed by atoms with van der Waals surface area (Å²) in [7, 11) is 0. The maximum Gasteiger partial charge on any atom is 0.139 e. The van der Waals surface area contributed by atoms with Crippen molar-refractivity contribution in [2.24, 2.45) is 34.5 Å². The largest absolute Gasteiger partial charge is 0.393 e. The quantitative estimate of drug-likeness (QED) is 0.723. The van der Waals surface area contributed by atoms with Crippen LogP contribution in [0.2, 0.25) is 0 Å². The molecule has 0 bridgehead atoms. The molecular formula is C19H30O3. The van der Waals surface area contributed by atoms with Gasteiger partial charge in [0, 0.05) is 11.8 Å². The monoisotopic (exact) mass is 306 g/mol. The molecule has 0 heterocycles. The van der Waals surface area contributed by atoms with Crippen molar-refractivity contribution in [2.45, 2.75) is 77.4 Å². The summed E-state index contributed by atoms with van der Waals surface area (Å²) in [5.41, 5.74) is -0.126. The molecule has 0 aromatic heterocycles. The van der Waals surface area contributed by atoms with Gasteiger partial charge in [-0.1, -0.05) is 13.8 Å². The first-order chi connectivity index (χ1) is 10.4. The molecule has 3 heteroatoms. The Bertz CT molecular complexity index is 489. The smallest absolute Gasteiger partial charge is 0.139 e. The number of aliphatic hydroxyl groups is 2. The van der Waals surface area contributed by atoms with E-state index >= 15 is 0 Å². The first-order valence-electron chi connectivity index (χ1n) is 9.26. The molecule has 124 valence electrons. The second kappa shape index (κ2) is 4.80. The van der Waals surface area contributed by atoms with Gasteiger partial charge in [0.1, 0.15) is 5.78 Å². The summed E-state index contributed by atoms with van der Waals surface area (Å²) >= 11 is 0. The van der Waals surface area contributed by atoms with Crippen molar-refractivity contribution in [3.05, 3.63) is 0 Å². The number of Topliss-reactive ketones (excluding diaryl/α,β-unsaturated/α-hetero) is 1. The number of hydrogen-bond acceptors (Lipinski definition) is 3. The van der Waals surface area contributed by atoms with Gasteiger partial charge in [0.05, 0.1) is 12.2 Å². The Morgan fingerprint density at radius 2 is 1.77 bits per heavy atom. The van der Waals surface area contributed by atoms with E-state index in [0.717, 1.165) is 38.5 Å². The van der Waals surface area contributed by atoms with Crippen LogP contribution in [0.15, 0.2) is 0 Å². The van der Waals surface area contributed by atoms with Crippen molar-refractivity contribution >= 4 is 5.78 Å². The van der Waals surface area contributed by atoms with Crippen molar-refractivity contribution in [2.75, 3.05) is 0 Å². The highest BCUT2D eigenvalue weighted by Crippen LogP contribution is 2.65. The fraction of sp³-hybridized carbons (Fsp3) is 0.947. The minimum atomic E-state index is -0.379. The summed E-state index contributed by atoms with van der Waals surface area (Å²) < 4.78 is 0. The first-order valence-corrected chi connectivity index (χ1v) is 9.26. The Morgan fingerprint density at radius 1 is 1.00 bits per heavy atom. The van der Waals surface area contributed by atoms with Gasteiger partial charge in [0.2, 0.25) is 0 Å². The Kier molecular flexibility index (Phi) is 3.30. The van der Waals surface area contributed by atoms with Crippen LogP contribution in [0.5, 0.6) is 0 Å². The number of fused-ring (bicyclic) bond motifs is 5. The summed E-state index contributed by atoms with van der Waals surface area (Å²) in [6.45, 7) is 4.49. The maximum atomic E-state index is 12.4. The van der Waals surface area contributed by atoms with Crippen LogP contribution in [0.4, 0.5) is 0 Å². The zero-order valence-electron chi connectivity index (χ0n) is 13.9. The lowest BCUT2D eigenvalue weighted by Crippen LogP contribution is -2.59. The normalized spacial score (nSPS) is 57.9. The summed E-state index contributed by atoms with van der Waals surface area (Å²) in [5.74, 6) is 2.63. The van der Waals surface area contributed by atoms with Gasteiger partial charge >= 0.3 is 0 Å². The van der Waals surface area contributed by atoms with E-state index in [1.54, 1.807) is 0 Å². The van der Waals surface area contributed by atoms with Crippen molar-refractivity contribution in [1.29, 1.82) is 0 Å². The van der Waals surface area contributed by atoms with Crippen LogP contribution in [0.25, 0.3) is 0 Å². The fourth-order valence-electron chi connectivity index (χ4n) is 7.07. The lowest BCUT2D eigenvalue weighted by Gasteiger charge is -2.61. The van der Waals surface area contributed by atoms with E-state index in [2.05, 4.69) is 13.8 Å². The second-order valence-electron chi connectivity index (χ2n) is 9.08. The van der Waals surface area contributed by atoms with Gasteiger partial charge in [0.25, 0.3) is 0 Å². The van der Waals surface area contributed by atoms with Gasteiger partial charge in [-0.15, -0.1) is 0 Å². The Hall–Kier alpha value is -0.410. The molecule has 4 fully saturated rings. The number of hydrogen-bond donors (Lipinski definition) is 2. The molecule has 22 heavy (non-hydrogen) atoms. The summed E-state index contributed by atoms with van der Waals surface area (Å²) in [6, 6.07) is 0. The second-order valence-corrected chi connectivity index (χ2v) is 9.08. The SMILES string of the molecule is C[C@]12C(O)C[C@H](O)CC1CC[C@@H]1[C@@H]2CC[C@]2(C)C(=O)CC[C@@H]12. The molecule has 8 atom stereocenters. The molecule has 0 saturated heterocycles. The van der Waals surface area contributed by atoms with Crippen LogP contribution in [-0.2, 0) is 4.79 Å². The van der Waals surface area contributed by atoms with Crippen molar-refractivity contribution < 1.29 is 15.0 Å². The number of ketones is 1. The average Bonchev–Trinajstić information content (AvgIpc) is 2.77. The highest BCUT2D eigenvalue weighted by molar-refractivity contribution is 5.87. The van der Waals surface area contributed by atoms with E-state index in [-0.39, 0.29) is 23.0 Å². The lowest BCUT2D eigenvalue weighted by molar-refractivity contribution is -0.179. The fourth-order valence-corrected chi connectivity index (χ4v) is 7.07. The molecule has 0 aromatic rings. The van der Waals surface area contributed by atoms with Crippen LogP contribution in [0, 0.1) is 34.5 Å². The average molecular weight is 306 g/mol. The molecule has 4 aliphatic carbocycles. The predicted molar refractivity (Wildman–Crippen MR) is 84.1 cm³/mol. The van der Waals surface area contributed by atoms with E-state index < -0.39 is 0 Å². The Labute approximate surface area is 133 Å². The molecule has 3 nitrogen and oxygen atoms in total. The van der Waals surface area contributed by atoms with E-state index in [1.165, 1.54) is 6.42 Å². The third-order valence-electron chi connectivity index (χ3n) is 8.44. The van der Waals surface area contributed by atoms with Crippen molar-refractivity contribution in [3.63, 3.8) is 0 Å². The van der Waals surface area contributed by atoms with Gasteiger partial charge in [-0.25, -0.2) is 0 Å². The third kappa shape index (κ3) is 1.78. The Morgan fingerprint density at radius 3 is 2.55 bits per heavy atom. The van der Waals surface area contributed by atoms with E-state index in [4.69, 9.17) is 0 Å². The number of carbonyl (C=O) groups excluding carboxylic acids is 1. The molecule has 4 aliphatic rings. The molecule has 2 N–H and O–H groups in total. The summed E-state index contributed by atoms with van der Waals surface area (Å²) in [5, 5.41) is 20.9. The van der Waals surface area contributed by atoms with Crippen LogP contribution in [0.3, 0.4) is 0 Å². The van der Waals surface area contributed by atoms with Gasteiger partial charge in [0.15, 0.2) is 0 Å². The molecule has 0 spiro atoms. The van der Waals surface area contributed by atoms with Gasteiger partial charge in [-0.3, -0.25) is 4.79 Å². The molecule has 0 radical (unpaired) electrons. The van der Waals surface area contributed by atoms with E-state index in [1.807, 2.05) is 0 Å². The highest BCUT2D eigenvalue weighted by Gasteiger charge is 2.62. The van der Waals surface area contributed by atoms with Crippen LogP contribution in [0.1, 0.15) is 65.2 Å². The standard InChI is InChI=1S/C19H30O3/c1-18-8-7-15-13(14(18)5-6-16(18)21)4-3-11-9-12(20)10-17(22)19(11,15)2/h11-15,17,20,22H,3-10H2,1-2H3/t11?,12-,13+,14+,15+,17?,18+,19+/m1/s1. The molecular weight excluding hydrogens is 276 g/mol. The van der Waals surface area contributed by atoms with Gasteiger partial charge < -0.3 is 10.2 Å². The van der Waals surface area contributed by atoms with Gasteiger partial charge in [-0.2, -0.15) is 0 Å². The third-order valence-corrected chi connectivity index (χ3v) is 8.44. The van der Waals surface area contributed by atoms with Crippen molar-refractivity contribution in [3.8, 4) is 0 Å². The van der Waals surface area contributed by atoms with E-state index in [9.17, 15) is 15.0 Å². The first kappa shape index (κ1) is 15.1. The van der Waals surface area contributed by atoms with Crippen LogP contribution < -0.4 is 0 Å². The van der Waals surface area contributed by atoms with E-state index in [0.29, 0.717) is 35.9 Å². The van der Waals surface area contributed by atoms with Crippen molar-refractivity contribution in [1.82, 2.24) is 0 Å². The predicted octanol–water partition coefficient (Wildman–Crippen LogP) is 2.93. The maximum absolute atomic E-state index is 12.4. The molecule has 4 rings (SSSR count). The van der Waals surface area contributed by atoms with Crippen LogP contribution >= 0.6 is 0 Å². The molecule has 4 saturated carbocycles. The minimum absolute atomic E-state index is 0.0465. The molecule has 0 aromatic carbocycles.